The van der Waals surface area contributed by atoms with Crippen molar-refractivity contribution in [3.63, 3.8) is 0 Å². The molecule has 1 N–H and O–H groups in total. The molecule has 0 aromatic heterocycles. The van der Waals surface area contributed by atoms with Crippen molar-refractivity contribution in [2.75, 3.05) is 19.8 Å². The quantitative estimate of drug-likeness (QED) is 0.491. The van der Waals surface area contributed by atoms with Crippen molar-refractivity contribution in [2.24, 2.45) is 5.92 Å². The van der Waals surface area contributed by atoms with E-state index in [4.69, 9.17) is 4.74 Å². The highest BCUT2D eigenvalue weighted by Crippen LogP contribution is 2.21. The third kappa shape index (κ3) is 6.85. The molecular formula is C15H29NO. The molecule has 2 heteroatoms. The molecule has 0 bridgehead atoms. The van der Waals surface area contributed by atoms with Crippen LogP contribution in [0.15, 0.2) is 12.7 Å². The van der Waals surface area contributed by atoms with Gasteiger partial charge in [0.15, 0.2) is 0 Å². The molecule has 0 aromatic rings. The zero-order chi connectivity index (χ0) is 12.3. The van der Waals surface area contributed by atoms with Gasteiger partial charge in [-0.25, -0.2) is 0 Å². The summed E-state index contributed by atoms with van der Waals surface area (Å²) >= 11 is 0. The molecule has 1 rings (SSSR count). The Labute approximate surface area is 107 Å². The van der Waals surface area contributed by atoms with Gasteiger partial charge in [0.25, 0.3) is 0 Å². The largest absolute Gasteiger partial charge is 0.381 e. The van der Waals surface area contributed by atoms with Crippen molar-refractivity contribution >= 4 is 0 Å². The summed E-state index contributed by atoms with van der Waals surface area (Å²) < 4.78 is 5.39. The van der Waals surface area contributed by atoms with Gasteiger partial charge >= 0.3 is 0 Å². The molecule has 1 saturated heterocycles. The summed E-state index contributed by atoms with van der Waals surface area (Å²) in [5.74, 6) is 0.931. The Kier molecular flexibility index (Phi) is 8.37. The number of nitrogens with one attached hydrogen (secondary N) is 1. The van der Waals surface area contributed by atoms with E-state index in [2.05, 4.69) is 18.8 Å². The van der Waals surface area contributed by atoms with Crippen LogP contribution in [0, 0.1) is 5.92 Å². The van der Waals surface area contributed by atoms with Crippen molar-refractivity contribution in [3.8, 4) is 0 Å². The summed E-state index contributed by atoms with van der Waals surface area (Å²) in [6.45, 7) is 9.05. The lowest BCUT2D eigenvalue weighted by Crippen LogP contribution is -2.28. The molecule has 0 spiro atoms. The highest BCUT2D eigenvalue weighted by Gasteiger charge is 2.13. The lowest BCUT2D eigenvalue weighted by atomic mass is 9.93. The molecule has 1 fully saturated rings. The number of rotatable bonds is 9. The van der Waals surface area contributed by atoms with Crippen molar-refractivity contribution in [2.45, 2.75) is 57.9 Å². The van der Waals surface area contributed by atoms with Crippen LogP contribution in [-0.2, 0) is 4.74 Å². The van der Waals surface area contributed by atoms with Gasteiger partial charge in [-0.2, -0.15) is 0 Å². The molecule has 1 atom stereocenters. The van der Waals surface area contributed by atoms with Crippen LogP contribution in [-0.4, -0.2) is 25.8 Å². The molecule has 0 aliphatic carbocycles. The number of hydrogen-bond donors (Lipinski definition) is 1. The highest BCUT2D eigenvalue weighted by atomic mass is 16.5. The fourth-order valence-electron chi connectivity index (χ4n) is 2.65. The van der Waals surface area contributed by atoms with Crippen molar-refractivity contribution in [1.82, 2.24) is 5.32 Å². The van der Waals surface area contributed by atoms with E-state index < -0.39 is 0 Å². The first-order valence-electron chi connectivity index (χ1n) is 7.28. The molecule has 17 heavy (non-hydrogen) atoms. The first kappa shape index (κ1) is 14.7. The summed E-state index contributed by atoms with van der Waals surface area (Å²) in [6.07, 6.45) is 11.1. The maximum atomic E-state index is 5.39. The number of ether oxygens (including phenoxy) is 1. The average molecular weight is 239 g/mol. The molecule has 1 aliphatic rings. The maximum Gasteiger partial charge on any atom is 0.0468 e. The predicted molar refractivity (Wildman–Crippen MR) is 74.3 cm³/mol. The third-order valence-electron chi connectivity index (χ3n) is 3.70. The third-order valence-corrected chi connectivity index (χ3v) is 3.70. The Morgan fingerprint density at radius 1 is 1.35 bits per heavy atom. The summed E-state index contributed by atoms with van der Waals surface area (Å²) in [5.41, 5.74) is 0. The van der Waals surface area contributed by atoms with E-state index >= 15 is 0 Å². The van der Waals surface area contributed by atoms with Gasteiger partial charge in [-0.05, 0) is 38.1 Å². The smallest absolute Gasteiger partial charge is 0.0468 e. The second-order valence-electron chi connectivity index (χ2n) is 5.12. The van der Waals surface area contributed by atoms with Gasteiger partial charge in [-0.1, -0.05) is 32.3 Å². The number of unbranched alkanes of at least 4 members (excludes halogenated alkanes) is 1. The lowest BCUT2D eigenvalue weighted by molar-refractivity contribution is 0.0630. The molecule has 1 aliphatic heterocycles. The van der Waals surface area contributed by atoms with Gasteiger partial charge < -0.3 is 10.1 Å². The van der Waals surface area contributed by atoms with Crippen molar-refractivity contribution < 1.29 is 4.74 Å². The van der Waals surface area contributed by atoms with Gasteiger partial charge in [0.2, 0.25) is 0 Å². The Bertz CT molecular complexity index is 187. The minimum absolute atomic E-state index is 0.646. The summed E-state index contributed by atoms with van der Waals surface area (Å²) in [5, 5.41) is 3.53. The topological polar surface area (TPSA) is 21.3 Å². The first-order chi connectivity index (χ1) is 8.36. The number of hydrogen-bond acceptors (Lipinski definition) is 2. The normalized spacial score (nSPS) is 19.1. The van der Waals surface area contributed by atoms with Crippen molar-refractivity contribution in [3.05, 3.63) is 12.7 Å². The fraction of sp³-hybridized carbons (Fsp3) is 0.867. The lowest BCUT2D eigenvalue weighted by Gasteiger charge is -2.22. The highest BCUT2D eigenvalue weighted by molar-refractivity contribution is 4.77. The van der Waals surface area contributed by atoms with Gasteiger partial charge in [0.05, 0.1) is 0 Å². The van der Waals surface area contributed by atoms with E-state index in [1.165, 1.54) is 38.5 Å². The zero-order valence-electron chi connectivity index (χ0n) is 11.4. The van der Waals surface area contributed by atoms with E-state index in [-0.39, 0.29) is 0 Å². The molecule has 2 nitrogen and oxygen atoms in total. The fourth-order valence-corrected chi connectivity index (χ4v) is 2.65. The Morgan fingerprint density at radius 2 is 2.12 bits per heavy atom. The maximum absolute atomic E-state index is 5.39. The molecule has 0 radical (unpaired) electrons. The molecular weight excluding hydrogens is 210 g/mol. The Balaban J connectivity index is 2.02. The van der Waals surface area contributed by atoms with Gasteiger partial charge in [-0.3, -0.25) is 0 Å². The van der Waals surface area contributed by atoms with Crippen LogP contribution in [0.25, 0.3) is 0 Å². The molecule has 100 valence electrons. The standard InChI is InChI=1S/C15H29NO/c1-3-7-15(16-4-2)9-6-5-8-14-10-12-17-13-11-14/h3,14-16H,1,4-13H2,2H3. The minimum Gasteiger partial charge on any atom is -0.381 e. The SMILES string of the molecule is C=CCC(CCCCC1CCOCC1)NCC. The van der Waals surface area contributed by atoms with E-state index in [0.717, 1.165) is 32.1 Å². The monoisotopic (exact) mass is 239 g/mol. The van der Waals surface area contributed by atoms with Gasteiger partial charge in [0, 0.05) is 19.3 Å². The average Bonchev–Trinajstić information content (AvgIpc) is 2.36. The summed E-state index contributed by atoms with van der Waals surface area (Å²) in [4.78, 5) is 0. The van der Waals surface area contributed by atoms with E-state index in [1.54, 1.807) is 0 Å². The van der Waals surface area contributed by atoms with Crippen LogP contribution in [0.1, 0.15) is 51.9 Å². The first-order valence-corrected chi connectivity index (χ1v) is 7.28. The zero-order valence-corrected chi connectivity index (χ0v) is 11.4. The van der Waals surface area contributed by atoms with E-state index in [9.17, 15) is 0 Å². The predicted octanol–water partition coefficient (Wildman–Crippen LogP) is 3.53. The van der Waals surface area contributed by atoms with Crippen LogP contribution in [0.4, 0.5) is 0 Å². The molecule has 1 heterocycles. The van der Waals surface area contributed by atoms with Crippen LogP contribution in [0.3, 0.4) is 0 Å². The molecule has 0 saturated carbocycles. The van der Waals surface area contributed by atoms with Crippen LogP contribution in [0.2, 0.25) is 0 Å². The molecule has 0 amide bonds. The Hall–Kier alpha value is -0.340. The van der Waals surface area contributed by atoms with Crippen LogP contribution >= 0.6 is 0 Å². The van der Waals surface area contributed by atoms with Crippen LogP contribution in [0.5, 0.6) is 0 Å². The van der Waals surface area contributed by atoms with E-state index in [0.29, 0.717) is 6.04 Å². The second kappa shape index (κ2) is 9.67. The molecule has 0 aromatic carbocycles. The van der Waals surface area contributed by atoms with Crippen molar-refractivity contribution in [1.29, 1.82) is 0 Å². The van der Waals surface area contributed by atoms with E-state index in [1.807, 2.05) is 6.08 Å². The molecule has 1 unspecified atom stereocenters. The summed E-state index contributed by atoms with van der Waals surface area (Å²) in [7, 11) is 0. The minimum atomic E-state index is 0.646. The van der Waals surface area contributed by atoms with Crippen LogP contribution < -0.4 is 5.32 Å². The second-order valence-corrected chi connectivity index (χ2v) is 5.12. The van der Waals surface area contributed by atoms with Gasteiger partial charge in [0.1, 0.15) is 0 Å². The Morgan fingerprint density at radius 3 is 2.76 bits per heavy atom. The summed E-state index contributed by atoms with van der Waals surface area (Å²) in [6, 6.07) is 0.646. The van der Waals surface area contributed by atoms with Gasteiger partial charge in [-0.15, -0.1) is 6.58 Å².